The summed E-state index contributed by atoms with van der Waals surface area (Å²) < 4.78 is 32.8. The normalized spacial score (nSPS) is 11.4. The fourth-order valence-electron chi connectivity index (χ4n) is 2.25. The van der Waals surface area contributed by atoms with Gasteiger partial charge < -0.3 is 4.42 Å². The lowest BCUT2D eigenvalue weighted by Gasteiger charge is -1.99. The average Bonchev–Trinajstić information content (AvgIpc) is 2.89. The molecule has 3 heterocycles. The minimum absolute atomic E-state index is 0.154. The van der Waals surface area contributed by atoms with E-state index in [0.29, 0.717) is 11.1 Å². The highest BCUT2D eigenvalue weighted by atomic mass is 19.1. The van der Waals surface area contributed by atoms with Crippen molar-refractivity contribution in [2.24, 2.45) is 0 Å². The number of fused-ring (bicyclic) bond motifs is 2. The second kappa shape index (κ2) is 4.45. The molecule has 4 rings (SSSR count). The summed E-state index contributed by atoms with van der Waals surface area (Å²) in [5, 5.41) is 0.562. The number of hydrogen-bond donors (Lipinski definition) is 0. The molecule has 0 unspecified atom stereocenters. The van der Waals surface area contributed by atoms with Crippen molar-refractivity contribution in [2.45, 2.75) is 0 Å². The molecule has 0 aliphatic rings. The number of halogens is 2. The molecule has 5 nitrogen and oxygen atoms in total. The molecule has 0 N–H and O–H groups in total. The molecule has 108 valence electrons. The molecule has 7 heteroatoms. The van der Waals surface area contributed by atoms with Crippen LogP contribution < -0.4 is 5.63 Å². The van der Waals surface area contributed by atoms with E-state index >= 15 is 0 Å². The zero-order chi connectivity index (χ0) is 15.3. The predicted molar refractivity (Wildman–Crippen MR) is 74.4 cm³/mol. The Morgan fingerprint density at radius 2 is 1.95 bits per heavy atom. The predicted octanol–water partition coefficient (Wildman–Crippen LogP) is 2.78. The summed E-state index contributed by atoms with van der Waals surface area (Å²) in [7, 11) is 0. The fourth-order valence-corrected chi connectivity index (χ4v) is 2.25. The SMILES string of the molecule is O=c1oc2cc(F)ccc2cc1-c1cn2cc(F)cnc2n1. The van der Waals surface area contributed by atoms with Gasteiger partial charge in [0.2, 0.25) is 5.78 Å². The Hall–Kier alpha value is -3.09. The van der Waals surface area contributed by atoms with Gasteiger partial charge in [-0.1, -0.05) is 0 Å². The quantitative estimate of drug-likeness (QED) is 0.507. The number of benzene rings is 1. The van der Waals surface area contributed by atoms with Crippen LogP contribution in [-0.4, -0.2) is 14.4 Å². The van der Waals surface area contributed by atoms with Gasteiger partial charge in [0.25, 0.3) is 0 Å². The van der Waals surface area contributed by atoms with E-state index in [1.165, 1.54) is 28.9 Å². The monoisotopic (exact) mass is 299 g/mol. The van der Waals surface area contributed by atoms with Crippen molar-refractivity contribution in [3.63, 3.8) is 0 Å². The van der Waals surface area contributed by atoms with E-state index in [1.807, 2.05) is 0 Å². The zero-order valence-electron chi connectivity index (χ0n) is 11.0. The Kier molecular flexibility index (Phi) is 2.56. The molecule has 1 aromatic carbocycles. The maximum Gasteiger partial charge on any atom is 0.345 e. The number of nitrogens with zero attached hydrogens (tertiary/aromatic N) is 3. The van der Waals surface area contributed by atoms with Crippen LogP contribution in [0.4, 0.5) is 8.78 Å². The summed E-state index contributed by atoms with van der Waals surface area (Å²) in [6.45, 7) is 0. The van der Waals surface area contributed by atoms with Crippen LogP contribution in [0, 0.1) is 11.6 Å². The van der Waals surface area contributed by atoms with Crippen molar-refractivity contribution < 1.29 is 13.2 Å². The third-order valence-electron chi connectivity index (χ3n) is 3.25. The Bertz CT molecular complexity index is 1090. The molecule has 0 saturated heterocycles. The first-order valence-corrected chi connectivity index (χ1v) is 6.34. The molecular formula is C15H7F2N3O2. The van der Waals surface area contributed by atoms with E-state index in [4.69, 9.17) is 4.42 Å². The molecule has 0 fully saturated rings. The minimum Gasteiger partial charge on any atom is -0.422 e. The van der Waals surface area contributed by atoms with Crippen LogP contribution in [0.25, 0.3) is 28.0 Å². The van der Waals surface area contributed by atoms with E-state index in [-0.39, 0.29) is 16.9 Å². The van der Waals surface area contributed by atoms with Gasteiger partial charge in [0.15, 0.2) is 5.82 Å². The van der Waals surface area contributed by atoms with Gasteiger partial charge in [-0.3, -0.25) is 4.40 Å². The van der Waals surface area contributed by atoms with E-state index in [2.05, 4.69) is 9.97 Å². The van der Waals surface area contributed by atoms with Crippen molar-refractivity contribution in [1.29, 1.82) is 0 Å². The molecule has 0 radical (unpaired) electrons. The highest BCUT2D eigenvalue weighted by molar-refractivity contribution is 5.81. The van der Waals surface area contributed by atoms with Crippen LogP contribution in [0.5, 0.6) is 0 Å². The molecule has 0 amide bonds. The highest BCUT2D eigenvalue weighted by Gasteiger charge is 2.12. The van der Waals surface area contributed by atoms with Crippen molar-refractivity contribution in [3.8, 4) is 11.3 Å². The largest absolute Gasteiger partial charge is 0.422 e. The molecule has 3 aromatic heterocycles. The fraction of sp³-hybridized carbons (Fsp3) is 0. The lowest BCUT2D eigenvalue weighted by atomic mass is 10.1. The molecular weight excluding hydrogens is 292 g/mol. The maximum absolute atomic E-state index is 13.1. The standard InChI is InChI=1S/C15H7F2N3O2/c16-9-2-1-8-3-11(14(21)22-13(8)4-9)12-7-20-6-10(17)5-18-15(20)19-12/h1-7H. The minimum atomic E-state index is -0.651. The van der Waals surface area contributed by atoms with Gasteiger partial charge in [-0.2, -0.15) is 0 Å². The second-order valence-electron chi connectivity index (χ2n) is 4.74. The lowest BCUT2D eigenvalue weighted by molar-refractivity contribution is 0.556. The summed E-state index contributed by atoms with van der Waals surface area (Å²) in [4.78, 5) is 20.0. The van der Waals surface area contributed by atoms with Gasteiger partial charge in [-0.05, 0) is 18.2 Å². The Morgan fingerprint density at radius 3 is 2.82 bits per heavy atom. The van der Waals surface area contributed by atoms with Crippen LogP contribution in [0.1, 0.15) is 0 Å². The van der Waals surface area contributed by atoms with E-state index in [1.54, 1.807) is 6.07 Å². The Morgan fingerprint density at radius 1 is 1.09 bits per heavy atom. The number of rotatable bonds is 1. The molecule has 0 aliphatic heterocycles. The van der Waals surface area contributed by atoms with Gasteiger partial charge in [0.1, 0.15) is 11.4 Å². The van der Waals surface area contributed by atoms with Gasteiger partial charge in [-0.15, -0.1) is 0 Å². The van der Waals surface area contributed by atoms with Crippen molar-refractivity contribution in [1.82, 2.24) is 14.4 Å². The van der Waals surface area contributed by atoms with Crippen LogP contribution in [0.15, 0.2) is 52.1 Å². The van der Waals surface area contributed by atoms with E-state index in [0.717, 1.165) is 12.3 Å². The highest BCUT2D eigenvalue weighted by Crippen LogP contribution is 2.21. The molecule has 4 aromatic rings. The smallest absolute Gasteiger partial charge is 0.345 e. The second-order valence-corrected chi connectivity index (χ2v) is 4.74. The molecule has 0 bridgehead atoms. The third kappa shape index (κ3) is 1.95. The maximum atomic E-state index is 13.1. The van der Waals surface area contributed by atoms with Crippen LogP contribution in [-0.2, 0) is 0 Å². The van der Waals surface area contributed by atoms with E-state index in [9.17, 15) is 13.6 Å². The summed E-state index contributed by atoms with van der Waals surface area (Å²) in [5.74, 6) is -0.747. The van der Waals surface area contributed by atoms with Crippen LogP contribution in [0.2, 0.25) is 0 Å². The Labute approximate surface area is 121 Å². The van der Waals surface area contributed by atoms with Crippen LogP contribution >= 0.6 is 0 Å². The summed E-state index contributed by atoms with van der Waals surface area (Å²) >= 11 is 0. The van der Waals surface area contributed by atoms with Gasteiger partial charge in [0.05, 0.1) is 17.5 Å². The molecule has 22 heavy (non-hydrogen) atoms. The van der Waals surface area contributed by atoms with Crippen LogP contribution in [0.3, 0.4) is 0 Å². The Balaban J connectivity index is 1.97. The topological polar surface area (TPSA) is 60.4 Å². The number of aromatic nitrogens is 3. The zero-order valence-corrected chi connectivity index (χ0v) is 11.0. The average molecular weight is 299 g/mol. The number of imidazole rings is 1. The first-order chi connectivity index (χ1) is 10.6. The lowest BCUT2D eigenvalue weighted by Crippen LogP contribution is -2.02. The van der Waals surface area contributed by atoms with Gasteiger partial charge in [0, 0.05) is 23.8 Å². The molecule has 0 spiro atoms. The van der Waals surface area contributed by atoms with Crippen molar-refractivity contribution >= 4 is 16.7 Å². The third-order valence-corrected chi connectivity index (χ3v) is 3.25. The first-order valence-electron chi connectivity index (χ1n) is 6.34. The molecule has 0 aliphatic carbocycles. The van der Waals surface area contributed by atoms with Gasteiger partial charge in [-0.25, -0.2) is 23.5 Å². The van der Waals surface area contributed by atoms with Gasteiger partial charge >= 0.3 is 5.63 Å². The molecule has 0 atom stereocenters. The summed E-state index contributed by atoms with van der Waals surface area (Å²) in [5.41, 5.74) is 0.00625. The van der Waals surface area contributed by atoms with Crippen molar-refractivity contribution in [3.05, 3.63) is 64.9 Å². The first kappa shape index (κ1) is 12.6. The summed E-state index contributed by atoms with van der Waals surface area (Å²) in [6, 6.07) is 5.47. The molecule has 0 saturated carbocycles. The number of hydrogen-bond acceptors (Lipinski definition) is 4. The van der Waals surface area contributed by atoms with E-state index < -0.39 is 17.3 Å². The summed E-state index contributed by atoms with van der Waals surface area (Å²) in [6.07, 6.45) is 3.72. The van der Waals surface area contributed by atoms with Crippen molar-refractivity contribution in [2.75, 3.05) is 0 Å².